The number of unbranched alkanes of at least 4 members (excludes halogenated alkanes) is 1. The minimum atomic E-state index is -0.939. The highest BCUT2D eigenvalue weighted by Gasteiger charge is 2.25. The van der Waals surface area contributed by atoms with Gasteiger partial charge in [-0.25, -0.2) is 4.79 Å². The van der Waals surface area contributed by atoms with Crippen molar-refractivity contribution in [3.05, 3.63) is 34.3 Å². The highest BCUT2D eigenvalue weighted by molar-refractivity contribution is 9.10. The molecule has 0 aliphatic rings. The van der Waals surface area contributed by atoms with E-state index in [1.54, 1.807) is 0 Å². The van der Waals surface area contributed by atoms with Crippen LogP contribution in [0.5, 0.6) is 0 Å². The summed E-state index contributed by atoms with van der Waals surface area (Å²) in [4.78, 5) is 10.9. The Morgan fingerprint density at radius 3 is 2.63 bits per heavy atom. The Bertz CT molecular complexity index is 422. The second-order valence-electron chi connectivity index (χ2n) is 5.19. The standard InChI is InChI=1S/C15H22BrNO2/c1-3-4-10-15(2,17-14(18)19)11-9-12-7-5-6-8-13(12)16/h5-8,17H,3-4,9-11H2,1-2H3,(H,18,19). The van der Waals surface area contributed by atoms with E-state index in [-0.39, 0.29) is 5.54 Å². The number of aryl methyl sites for hydroxylation is 1. The molecule has 2 N–H and O–H groups in total. The van der Waals surface area contributed by atoms with E-state index in [4.69, 9.17) is 5.11 Å². The second-order valence-corrected chi connectivity index (χ2v) is 6.04. The molecule has 19 heavy (non-hydrogen) atoms. The van der Waals surface area contributed by atoms with Crippen molar-refractivity contribution in [3.8, 4) is 0 Å². The summed E-state index contributed by atoms with van der Waals surface area (Å²) in [5, 5.41) is 11.7. The Morgan fingerprint density at radius 1 is 1.37 bits per heavy atom. The first-order valence-electron chi connectivity index (χ1n) is 6.71. The zero-order chi connectivity index (χ0) is 14.3. The molecule has 0 bridgehead atoms. The predicted octanol–water partition coefficient (Wildman–Crippen LogP) is 4.60. The molecule has 0 spiro atoms. The van der Waals surface area contributed by atoms with Crippen molar-refractivity contribution in [3.63, 3.8) is 0 Å². The average Bonchev–Trinajstić information content (AvgIpc) is 2.35. The van der Waals surface area contributed by atoms with Crippen LogP contribution in [-0.2, 0) is 6.42 Å². The number of halogens is 1. The monoisotopic (exact) mass is 327 g/mol. The average molecular weight is 328 g/mol. The van der Waals surface area contributed by atoms with E-state index in [0.717, 1.165) is 36.6 Å². The van der Waals surface area contributed by atoms with Gasteiger partial charge in [-0.1, -0.05) is 53.9 Å². The quantitative estimate of drug-likeness (QED) is 0.768. The fourth-order valence-electron chi connectivity index (χ4n) is 2.19. The van der Waals surface area contributed by atoms with Crippen LogP contribution in [0.2, 0.25) is 0 Å². The lowest BCUT2D eigenvalue weighted by atomic mass is 9.88. The first kappa shape index (κ1) is 16.0. The van der Waals surface area contributed by atoms with Gasteiger partial charge in [0.05, 0.1) is 0 Å². The summed E-state index contributed by atoms with van der Waals surface area (Å²) >= 11 is 3.53. The minimum absolute atomic E-state index is 0.350. The Labute approximate surface area is 123 Å². The van der Waals surface area contributed by atoms with E-state index >= 15 is 0 Å². The van der Waals surface area contributed by atoms with Gasteiger partial charge >= 0.3 is 6.09 Å². The van der Waals surface area contributed by atoms with Gasteiger partial charge in [0.15, 0.2) is 0 Å². The fraction of sp³-hybridized carbons (Fsp3) is 0.533. The number of carboxylic acid groups (broad SMARTS) is 1. The number of nitrogens with one attached hydrogen (secondary N) is 1. The third-order valence-corrected chi connectivity index (χ3v) is 4.17. The van der Waals surface area contributed by atoms with Crippen molar-refractivity contribution in [2.75, 3.05) is 0 Å². The molecule has 0 fully saturated rings. The zero-order valence-electron chi connectivity index (χ0n) is 11.6. The molecule has 1 atom stereocenters. The molecule has 0 saturated carbocycles. The van der Waals surface area contributed by atoms with Gasteiger partial charge in [0.1, 0.15) is 0 Å². The molecule has 0 aliphatic carbocycles. The van der Waals surface area contributed by atoms with Crippen LogP contribution in [0.25, 0.3) is 0 Å². The molecule has 0 aliphatic heterocycles. The van der Waals surface area contributed by atoms with Gasteiger partial charge in [0.25, 0.3) is 0 Å². The van der Waals surface area contributed by atoms with Crippen LogP contribution in [0.3, 0.4) is 0 Å². The molecule has 4 heteroatoms. The van der Waals surface area contributed by atoms with E-state index in [1.807, 2.05) is 25.1 Å². The molecule has 3 nitrogen and oxygen atoms in total. The van der Waals surface area contributed by atoms with Crippen molar-refractivity contribution in [2.24, 2.45) is 0 Å². The SMILES string of the molecule is CCCCC(C)(CCc1ccccc1Br)NC(=O)O. The maximum absolute atomic E-state index is 10.9. The summed E-state index contributed by atoms with van der Waals surface area (Å²) in [5.41, 5.74) is 0.870. The van der Waals surface area contributed by atoms with E-state index < -0.39 is 6.09 Å². The van der Waals surface area contributed by atoms with Crippen LogP contribution >= 0.6 is 15.9 Å². The normalized spacial score (nSPS) is 13.8. The minimum Gasteiger partial charge on any atom is -0.465 e. The van der Waals surface area contributed by atoms with Crippen LogP contribution < -0.4 is 5.32 Å². The molecule has 106 valence electrons. The number of hydrogen-bond acceptors (Lipinski definition) is 1. The lowest BCUT2D eigenvalue weighted by Gasteiger charge is -2.30. The zero-order valence-corrected chi connectivity index (χ0v) is 13.2. The largest absolute Gasteiger partial charge is 0.465 e. The first-order chi connectivity index (χ1) is 8.97. The van der Waals surface area contributed by atoms with Gasteiger partial charge < -0.3 is 10.4 Å². The molecule has 1 aromatic carbocycles. The van der Waals surface area contributed by atoms with Crippen LogP contribution in [0.4, 0.5) is 4.79 Å². The van der Waals surface area contributed by atoms with Crippen molar-refractivity contribution in [1.82, 2.24) is 5.32 Å². The maximum atomic E-state index is 10.9. The summed E-state index contributed by atoms with van der Waals surface area (Å²) < 4.78 is 1.09. The number of rotatable bonds is 7. The second kappa shape index (κ2) is 7.53. The molecule has 1 unspecified atom stereocenters. The van der Waals surface area contributed by atoms with Gasteiger partial charge in [0.2, 0.25) is 0 Å². The summed E-state index contributed by atoms with van der Waals surface area (Å²) in [6.07, 6.45) is 3.72. The van der Waals surface area contributed by atoms with E-state index in [0.29, 0.717) is 0 Å². The van der Waals surface area contributed by atoms with Gasteiger partial charge in [-0.15, -0.1) is 0 Å². The van der Waals surface area contributed by atoms with Crippen LogP contribution in [0.15, 0.2) is 28.7 Å². The Balaban J connectivity index is 2.67. The van der Waals surface area contributed by atoms with Gasteiger partial charge in [0, 0.05) is 10.0 Å². The molecule has 0 aromatic heterocycles. The van der Waals surface area contributed by atoms with E-state index in [1.165, 1.54) is 5.56 Å². The summed E-state index contributed by atoms with van der Waals surface area (Å²) in [7, 11) is 0. The smallest absolute Gasteiger partial charge is 0.405 e. The van der Waals surface area contributed by atoms with E-state index in [9.17, 15) is 4.79 Å². The van der Waals surface area contributed by atoms with Crippen LogP contribution in [-0.4, -0.2) is 16.7 Å². The molecule has 1 aromatic rings. The van der Waals surface area contributed by atoms with Crippen molar-refractivity contribution in [2.45, 2.75) is 51.5 Å². The molecule has 1 rings (SSSR count). The fourth-order valence-corrected chi connectivity index (χ4v) is 2.67. The van der Waals surface area contributed by atoms with Crippen molar-refractivity contribution < 1.29 is 9.90 Å². The van der Waals surface area contributed by atoms with Crippen molar-refractivity contribution in [1.29, 1.82) is 0 Å². The third-order valence-electron chi connectivity index (χ3n) is 3.39. The summed E-state index contributed by atoms with van der Waals surface area (Å²) in [6, 6.07) is 8.09. The molecule has 0 saturated heterocycles. The number of hydrogen-bond donors (Lipinski definition) is 2. The maximum Gasteiger partial charge on any atom is 0.405 e. The third kappa shape index (κ3) is 5.64. The molecular formula is C15H22BrNO2. The van der Waals surface area contributed by atoms with Crippen LogP contribution in [0, 0.1) is 0 Å². The lowest BCUT2D eigenvalue weighted by molar-refractivity contribution is 0.174. The Hall–Kier alpha value is -1.03. The first-order valence-corrected chi connectivity index (χ1v) is 7.50. The number of amides is 1. The topological polar surface area (TPSA) is 49.3 Å². The van der Waals surface area contributed by atoms with Crippen molar-refractivity contribution >= 4 is 22.0 Å². The number of benzene rings is 1. The van der Waals surface area contributed by atoms with Gasteiger partial charge in [-0.3, -0.25) is 0 Å². The Morgan fingerprint density at radius 2 is 2.05 bits per heavy atom. The Kier molecular flexibility index (Phi) is 6.35. The number of carbonyl (C=O) groups is 1. The predicted molar refractivity (Wildman–Crippen MR) is 81.6 cm³/mol. The summed E-state index contributed by atoms with van der Waals surface area (Å²) in [5.74, 6) is 0. The lowest BCUT2D eigenvalue weighted by Crippen LogP contribution is -2.45. The highest BCUT2D eigenvalue weighted by Crippen LogP contribution is 2.24. The molecule has 0 heterocycles. The van der Waals surface area contributed by atoms with E-state index in [2.05, 4.69) is 34.2 Å². The highest BCUT2D eigenvalue weighted by atomic mass is 79.9. The van der Waals surface area contributed by atoms with Gasteiger partial charge in [-0.2, -0.15) is 0 Å². The van der Waals surface area contributed by atoms with Gasteiger partial charge in [-0.05, 0) is 37.8 Å². The summed E-state index contributed by atoms with van der Waals surface area (Å²) in [6.45, 7) is 4.11. The van der Waals surface area contributed by atoms with Crippen LogP contribution in [0.1, 0.15) is 45.1 Å². The molecular weight excluding hydrogens is 306 g/mol. The molecule has 1 amide bonds. The molecule has 0 radical (unpaired) electrons.